The van der Waals surface area contributed by atoms with Gasteiger partial charge in [0.2, 0.25) is 11.8 Å². The Morgan fingerprint density at radius 3 is 2.48 bits per heavy atom. The second-order valence-electron chi connectivity index (χ2n) is 5.83. The Bertz CT molecular complexity index is 483. The highest BCUT2D eigenvalue weighted by atomic mass is 16.2. The minimum atomic E-state index is -0.114. The van der Waals surface area contributed by atoms with Gasteiger partial charge in [-0.3, -0.25) is 9.59 Å². The second kappa shape index (κ2) is 8.45. The molecule has 2 amide bonds. The van der Waals surface area contributed by atoms with E-state index in [-0.39, 0.29) is 18.4 Å². The summed E-state index contributed by atoms with van der Waals surface area (Å²) in [6.07, 6.45) is 0.907. The molecule has 1 N–H and O–H groups in total. The summed E-state index contributed by atoms with van der Waals surface area (Å²) in [7, 11) is 0. The number of nitrogens with one attached hydrogen (secondary N) is 1. The van der Waals surface area contributed by atoms with Crippen LogP contribution in [0.25, 0.3) is 0 Å². The molecule has 0 atom stereocenters. The molecule has 0 aliphatic rings. The van der Waals surface area contributed by atoms with Crippen molar-refractivity contribution in [1.82, 2.24) is 10.2 Å². The highest BCUT2D eigenvalue weighted by Crippen LogP contribution is 2.06. The van der Waals surface area contributed by atoms with Crippen LogP contribution in [-0.2, 0) is 16.1 Å². The summed E-state index contributed by atoms with van der Waals surface area (Å²) in [5.74, 6) is 0.348. The Labute approximate surface area is 127 Å². The Morgan fingerprint density at radius 2 is 1.90 bits per heavy atom. The molecule has 0 spiro atoms. The first kappa shape index (κ1) is 17.2. The standard InChI is InChI=1S/C17H26N2O2/c1-13(2)9-10-19(15(4)20)12-17(21)18-11-16-8-6-5-7-14(16)3/h5-8,13H,9-12H2,1-4H3,(H,18,21). The fourth-order valence-electron chi connectivity index (χ4n) is 1.99. The average molecular weight is 290 g/mol. The van der Waals surface area contributed by atoms with Crippen LogP contribution in [0.3, 0.4) is 0 Å². The summed E-state index contributed by atoms with van der Waals surface area (Å²) in [5.41, 5.74) is 2.25. The lowest BCUT2D eigenvalue weighted by Crippen LogP contribution is -2.40. The van der Waals surface area contributed by atoms with E-state index in [1.54, 1.807) is 4.90 Å². The maximum Gasteiger partial charge on any atom is 0.239 e. The largest absolute Gasteiger partial charge is 0.350 e. The molecule has 0 unspecified atom stereocenters. The molecule has 1 rings (SSSR count). The molecule has 4 heteroatoms. The summed E-state index contributed by atoms with van der Waals surface area (Å²) in [6, 6.07) is 7.95. The van der Waals surface area contributed by atoms with E-state index in [4.69, 9.17) is 0 Å². The van der Waals surface area contributed by atoms with Crippen molar-refractivity contribution in [2.45, 2.75) is 40.7 Å². The molecule has 0 aliphatic carbocycles. The zero-order valence-corrected chi connectivity index (χ0v) is 13.5. The molecule has 0 bridgehead atoms. The predicted octanol–water partition coefficient (Wildman–Crippen LogP) is 2.51. The third kappa shape index (κ3) is 6.43. The molecule has 0 saturated heterocycles. The lowest BCUT2D eigenvalue weighted by atomic mass is 10.1. The first-order valence-electron chi connectivity index (χ1n) is 7.47. The van der Waals surface area contributed by atoms with Gasteiger partial charge in [0, 0.05) is 20.0 Å². The van der Waals surface area contributed by atoms with E-state index in [0.717, 1.165) is 17.5 Å². The van der Waals surface area contributed by atoms with Crippen LogP contribution in [0.15, 0.2) is 24.3 Å². The fraction of sp³-hybridized carbons (Fsp3) is 0.529. The maximum atomic E-state index is 12.0. The van der Waals surface area contributed by atoms with E-state index in [0.29, 0.717) is 19.0 Å². The van der Waals surface area contributed by atoms with E-state index < -0.39 is 0 Å². The van der Waals surface area contributed by atoms with Gasteiger partial charge in [-0.05, 0) is 30.4 Å². The molecule has 0 fully saturated rings. The molecule has 0 aliphatic heterocycles. The molecular weight excluding hydrogens is 264 g/mol. The van der Waals surface area contributed by atoms with Crippen molar-refractivity contribution < 1.29 is 9.59 Å². The summed E-state index contributed by atoms with van der Waals surface area (Å²) < 4.78 is 0. The summed E-state index contributed by atoms with van der Waals surface area (Å²) in [4.78, 5) is 25.2. The van der Waals surface area contributed by atoms with Crippen molar-refractivity contribution in [3.8, 4) is 0 Å². The molecule has 21 heavy (non-hydrogen) atoms. The van der Waals surface area contributed by atoms with E-state index in [1.165, 1.54) is 6.92 Å². The number of benzene rings is 1. The Kier molecular flexibility index (Phi) is 6.92. The number of rotatable bonds is 7. The minimum absolute atomic E-state index is 0.0540. The average Bonchev–Trinajstić information content (AvgIpc) is 2.42. The van der Waals surface area contributed by atoms with Gasteiger partial charge in [-0.25, -0.2) is 0 Å². The number of nitrogens with zero attached hydrogens (tertiary/aromatic N) is 1. The van der Waals surface area contributed by atoms with Crippen LogP contribution >= 0.6 is 0 Å². The van der Waals surface area contributed by atoms with Gasteiger partial charge >= 0.3 is 0 Å². The molecule has 0 heterocycles. The molecule has 1 aromatic rings. The Balaban J connectivity index is 2.47. The van der Waals surface area contributed by atoms with E-state index >= 15 is 0 Å². The van der Waals surface area contributed by atoms with E-state index in [2.05, 4.69) is 19.2 Å². The summed E-state index contributed by atoms with van der Waals surface area (Å²) in [5, 5.41) is 2.88. The monoisotopic (exact) mass is 290 g/mol. The van der Waals surface area contributed by atoms with Crippen molar-refractivity contribution in [3.63, 3.8) is 0 Å². The second-order valence-corrected chi connectivity index (χ2v) is 5.83. The fourth-order valence-corrected chi connectivity index (χ4v) is 1.99. The van der Waals surface area contributed by atoms with Gasteiger partial charge in [-0.15, -0.1) is 0 Å². The van der Waals surface area contributed by atoms with Crippen LogP contribution in [0.4, 0.5) is 0 Å². The van der Waals surface area contributed by atoms with Gasteiger partial charge in [-0.2, -0.15) is 0 Å². The lowest BCUT2D eigenvalue weighted by molar-refractivity contribution is -0.134. The van der Waals surface area contributed by atoms with Gasteiger partial charge in [-0.1, -0.05) is 38.1 Å². The van der Waals surface area contributed by atoms with Crippen LogP contribution in [0, 0.1) is 12.8 Å². The van der Waals surface area contributed by atoms with Gasteiger partial charge in [0.25, 0.3) is 0 Å². The number of amides is 2. The first-order valence-corrected chi connectivity index (χ1v) is 7.47. The van der Waals surface area contributed by atoms with Crippen molar-refractivity contribution in [2.75, 3.05) is 13.1 Å². The maximum absolute atomic E-state index is 12.0. The van der Waals surface area contributed by atoms with Gasteiger partial charge in [0.1, 0.15) is 0 Å². The van der Waals surface area contributed by atoms with Crippen LogP contribution < -0.4 is 5.32 Å². The quantitative estimate of drug-likeness (QED) is 0.839. The molecule has 0 radical (unpaired) electrons. The predicted molar refractivity (Wildman–Crippen MR) is 84.7 cm³/mol. The summed E-state index contributed by atoms with van der Waals surface area (Å²) in [6.45, 7) is 9.01. The first-order chi connectivity index (χ1) is 9.90. The number of carbonyl (C=O) groups is 2. The van der Waals surface area contributed by atoms with Crippen LogP contribution in [0.2, 0.25) is 0 Å². The zero-order valence-electron chi connectivity index (χ0n) is 13.5. The number of aryl methyl sites for hydroxylation is 1. The third-order valence-electron chi connectivity index (χ3n) is 3.49. The van der Waals surface area contributed by atoms with Crippen molar-refractivity contribution in [1.29, 1.82) is 0 Å². The molecule has 0 saturated carbocycles. The molecular formula is C17H26N2O2. The zero-order chi connectivity index (χ0) is 15.8. The Hall–Kier alpha value is -1.84. The van der Waals surface area contributed by atoms with Crippen molar-refractivity contribution in [2.24, 2.45) is 5.92 Å². The van der Waals surface area contributed by atoms with Gasteiger partial charge in [0.05, 0.1) is 6.54 Å². The van der Waals surface area contributed by atoms with Crippen LogP contribution in [0.1, 0.15) is 38.3 Å². The van der Waals surface area contributed by atoms with Gasteiger partial charge in [0.15, 0.2) is 0 Å². The van der Waals surface area contributed by atoms with Crippen molar-refractivity contribution >= 4 is 11.8 Å². The number of hydrogen-bond donors (Lipinski definition) is 1. The van der Waals surface area contributed by atoms with Crippen LogP contribution in [0.5, 0.6) is 0 Å². The lowest BCUT2D eigenvalue weighted by Gasteiger charge is -2.21. The molecule has 4 nitrogen and oxygen atoms in total. The normalized spacial score (nSPS) is 10.5. The topological polar surface area (TPSA) is 49.4 Å². The molecule has 116 valence electrons. The van der Waals surface area contributed by atoms with Crippen molar-refractivity contribution in [3.05, 3.63) is 35.4 Å². The number of carbonyl (C=O) groups excluding carboxylic acids is 2. The van der Waals surface area contributed by atoms with E-state index in [9.17, 15) is 9.59 Å². The SMILES string of the molecule is CC(=O)N(CCC(C)C)CC(=O)NCc1ccccc1C. The summed E-state index contributed by atoms with van der Waals surface area (Å²) >= 11 is 0. The van der Waals surface area contributed by atoms with Gasteiger partial charge < -0.3 is 10.2 Å². The smallest absolute Gasteiger partial charge is 0.239 e. The highest BCUT2D eigenvalue weighted by Gasteiger charge is 2.13. The Morgan fingerprint density at radius 1 is 1.24 bits per heavy atom. The molecule has 0 aromatic heterocycles. The highest BCUT2D eigenvalue weighted by molar-refractivity contribution is 5.83. The molecule has 1 aromatic carbocycles. The van der Waals surface area contributed by atoms with Crippen LogP contribution in [-0.4, -0.2) is 29.8 Å². The number of hydrogen-bond acceptors (Lipinski definition) is 2. The minimum Gasteiger partial charge on any atom is -0.350 e. The third-order valence-corrected chi connectivity index (χ3v) is 3.49. The van der Waals surface area contributed by atoms with E-state index in [1.807, 2.05) is 31.2 Å².